The molecule has 0 N–H and O–H groups in total. The van der Waals surface area contributed by atoms with Gasteiger partial charge in [-0.05, 0) is 104 Å². The highest BCUT2D eigenvalue weighted by molar-refractivity contribution is 7.27. The van der Waals surface area contributed by atoms with Gasteiger partial charge in [0.15, 0.2) is 0 Å². The Morgan fingerprint density at radius 3 is 1.33 bits per heavy atom. The van der Waals surface area contributed by atoms with Crippen molar-refractivity contribution in [1.82, 2.24) is 0 Å². The number of nitrogens with zero attached hydrogens (tertiary/aromatic N) is 1. The first-order valence-corrected chi connectivity index (χ1v) is 25.6. The molecule has 0 spiro atoms. The number of hydrogen-bond donors (Lipinski definition) is 0. The summed E-state index contributed by atoms with van der Waals surface area (Å²) in [7, 11) is 0. The van der Waals surface area contributed by atoms with Gasteiger partial charge >= 0.3 is 0 Å². The van der Waals surface area contributed by atoms with E-state index in [1.165, 1.54) is 107 Å². The molecule has 0 fully saturated rings. The first kappa shape index (κ1) is 40.7. The molecule has 2 heterocycles. The van der Waals surface area contributed by atoms with Gasteiger partial charge in [0.2, 0.25) is 0 Å². The molecule has 0 saturated heterocycles. The summed E-state index contributed by atoms with van der Waals surface area (Å²) in [5, 5.41) is 5.24. The largest absolute Gasteiger partial charge is 0.311 e. The van der Waals surface area contributed by atoms with Gasteiger partial charge in [-0.2, -0.15) is 0 Å². The number of benzene rings is 11. The highest BCUT2D eigenvalue weighted by atomic mass is 32.1. The molecule has 11 aromatic carbocycles. The number of anilines is 3. The van der Waals surface area contributed by atoms with Crippen LogP contribution in [0.4, 0.5) is 17.1 Å². The molecule has 0 radical (unpaired) electrons. The first-order chi connectivity index (χ1) is 34.7. The van der Waals surface area contributed by atoms with Crippen LogP contribution < -0.4 is 4.90 Å². The smallest absolute Gasteiger partial charge is 0.0714 e. The molecule has 13 aromatic rings. The molecule has 1 nitrogen and oxygen atoms in total. The maximum atomic E-state index is 2.42. The van der Waals surface area contributed by atoms with Gasteiger partial charge in [0.25, 0.3) is 0 Å². The minimum absolute atomic E-state index is 0.432. The van der Waals surface area contributed by atoms with Crippen LogP contribution in [0.3, 0.4) is 0 Å². The SMILES string of the molecule is c1ccc(-c2ccc(N(c3ccc(-c4cccc5c4sc4ccccc45)cc3)c3ccc(-c4cccc5c4sc4c6c(ccc45)C(c4ccccc4)(c4ccccc4)c4ccccc4-6)cc3)cc2)cc1. The molecular formula is C67H43NS2. The summed E-state index contributed by atoms with van der Waals surface area (Å²) in [4.78, 5) is 2.38. The summed E-state index contributed by atoms with van der Waals surface area (Å²) in [5.41, 5.74) is 18.2. The zero-order chi connectivity index (χ0) is 46.2. The van der Waals surface area contributed by atoms with Gasteiger partial charge in [-0.15, -0.1) is 22.7 Å². The van der Waals surface area contributed by atoms with E-state index in [0.717, 1.165) is 17.1 Å². The molecule has 1 aliphatic rings. The predicted molar refractivity (Wildman–Crippen MR) is 301 cm³/mol. The van der Waals surface area contributed by atoms with Gasteiger partial charge < -0.3 is 4.90 Å². The van der Waals surface area contributed by atoms with E-state index in [1.54, 1.807) is 0 Å². The van der Waals surface area contributed by atoms with E-state index in [0.29, 0.717) is 0 Å². The average Bonchev–Trinajstić information content (AvgIpc) is 4.11. The molecule has 14 rings (SSSR count). The number of hydrogen-bond acceptors (Lipinski definition) is 3. The topological polar surface area (TPSA) is 3.24 Å². The second-order valence-electron chi connectivity index (χ2n) is 18.3. The molecule has 0 bridgehead atoms. The predicted octanol–water partition coefficient (Wildman–Crippen LogP) is 19.3. The lowest BCUT2D eigenvalue weighted by Crippen LogP contribution is -2.28. The van der Waals surface area contributed by atoms with Crippen LogP contribution in [-0.4, -0.2) is 0 Å². The summed E-state index contributed by atoms with van der Waals surface area (Å²) < 4.78 is 5.30. The Labute approximate surface area is 415 Å². The quantitative estimate of drug-likeness (QED) is 0.147. The molecule has 70 heavy (non-hydrogen) atoms. The fourth-order valence-electron chi connectivity index (χ4n) is 11.4. The Bertz CT molecular complexity index is 4040. The number of fused-ring (bicyclic) bond motifs is 10. The van der Waals surface area contributed by atoms with Gasteiger partial charge in [-0.3, -0.25) is 0 Å². The lowest BCUT2D eigenvalue weighted by molar-refractivity contribution is 0.769. The number of thiophene rings is 2. The molecule has 0 aliphatic heterocycles. The van der Waals surface area contributed by atoms with Gasteiger partial charge in [0, 0.05) is 63.0 Å². The third kappa shape index (κ3) is 6.29. The molecule has 0 atom stereocenters. The molecule has 2 aromatic heterocycles. The van der Waals surface area contributed by atoms with E-state index < -0.39 is 5.41 Å². The second kappa shape index (κ2) is 16.4. The molecule has 0 saturated carbocycles. The van der Waals surface area contributed by atoms with E-state index in [-0.39, 0.29) is 0 Å². The lowest BCUT2D eigenvalue weighted by atomic mass is 9.68. The standard InChI is InChI=1S/C67H43NS2/c1-4-16-44(17-5-1)45-30-36-50(37-31-45)68(51-38-32-46(33-39-51)53-24-14-26-56-55-22-11-13-29-62(55)69-64(53)56)52-40-34-47(35-41-52)54-25-15-27-57-58-42-43-61-63(66(58)70-65(54)57)59-23-10-12-28-60(59)67(61,48-18-6-2-7-19-48)49-20-8-3-9-21-49/h1-43H. The van der Waals surface area contributed by atoms with Crippen LogP contribution in [0.2, 0.25) is 0 Å². The molecule has 3 heteroatoms. The summed E-state index contributed by atoms with van der Waals surface area (Å²) in [6, 6.07) is 96.4. The van der Waals surface area contributed by atoms with Gasteiger partial charge in [0.1, 0.15) is 0 Å². The Kier molecular flexibility index (Phi) is 9.55. The minimum atomic E-state index is -0.432. The maximum Gasteiger partial charge on any atom is 0.0714 e. The monoisotopic (exact) mass is 925 g/mol. The van der Waals surface area contributed by atoms with Crippen molar-refractivity contribution in [2.24, 2.45) is 0 Å². The molecule has 328 valence electrons. The molecule has 0 unspecified atom stereocenters. The Morgan fingerprint density at radius 1 is 0.271 bits per heavy atom. The van der Waals surface area contributed by atoms with Crippen molar-refractivity contribution < 1.29 is 0 Å². The fourth-order valence-corrected chi connectivity index (χ4v) is 14.1. The third-order valence-corrected chi connectivity index (χ3v) is 17.1. The van der Waals surface area contributed by atoms with E-state index in [2.05, 4.69) is 266 Å². The van der Waals surface area contributed by atoms with Crippen molar-refractivity contribution in [2.45, 2.75) is 5.41 Å². The van der Waals surface area contributed by atoms with Gasteiger partial charge in [-0.1, -0.05) is 218 Å². The first-order valence-electron chi connectivity index (χ1n) is 24.0. The third-order valence-electron chi connectivity index (χ3n) is 14.6. The van der Waals surface area contributed by atoms with E-state index >= 15 is 0 Å². The Balaban J connectivity index is 0.880. The van der Waals surface area contributed by atoms with Crippen molar-refractivity contribution in [1.29, 1.82) is 0 Å². The summed E-state index contributed by atoms with van der Waals surface area (Å²) in [5.74, 6) is 0. The number of rotatable bonds is 8. The van der Waals surface area contributed by atoms with Crippen molar-refractivity contribution in [2.75, 3.05) is 4.90 Å². The van der Waals surface area contributed by atoms with Crippen LogP contribution in [0.1, 0.15) is 22.3 Å². The van der Waals surface area contributed by atoms with Crippen LogP contribution in [0.25, 0.3) is 84.9 Å². The Hall–Kier alpha value is -8.34. The van der Waals surface area contributed by atoms with Gasteiger partial charge in [0.05, 0.1) is 5.41 Å². The van der Waals surface area contributed by atoms with Crippen molar-refractivity contribution in [3.8, 4) is 44.5 Å². The van der Waals surface area contributed by atoms with Crippen LogP contribution in [0, 0.1) is 0 Å². The lowest BCUT2D eigenvalue weighted by Gasteiger charge is -2.33. The van der Waals surface area contributed by atoms with Gasteiger partial charge in [-0.25, -0.2) is 0 Å². The highest BCUT2D eigenvalue weighted by Crippen LogP contribution is 2.59. The fraction of sp³-hybridized carbons (Fsp3) is 0.0149. The summed E-state index contributed by atoms with van der Waals surface area (Å²) >= 11 is 3.82. The second-order valence-corrected chi connectivity index (χ2v) is 20.4. The van der Waals surface area contributed by atoms with Crippen molar-refractivity contribution >= 4 is 80.1 Å². The molecule has 0 amide bonds. The maximum absolute atomic E-state index is 2.42. The normalized spacial score (nSPS) is 12.7. The van der Waals surface area contributed by atoms with Crippen LogP contribution in [0.5, 0.6) is 0 Å². The average molecular weight is 926 g/mol. The summed E-state index contributed by atoms with van der Waals surface area (Å²) in [6.45, 7) is 0. The van der Waals surface area contributed by atoms with Crippen LogP contribution >= 0.6 is 22.7 Å². The summed E-state index contributed by atoms with van der Waals surface area (Å²) in [6.07, 6.45) is 0. The van der Waals surface area contributed by atoms with E-state index in [1.807, 2.05) is 22.7 Å². The molecular weight excluding hydrogens is 883 g/mol. The van der Waals surface area contributed by atoms with Crippen LogP contribution in [-0.2, 0) is 5.41 Å². The zero-order valence-corrected chi connectivity index (χ0v) is 39.7. The van der Waals surface area contributed by atoms with Crippen molar-refractivity contribution in [3.63, 3.8) is 0 Å². The van der Waals surface area contributed by atoms with E-state index in [9.17, 15) is 0 Å². The molecule has 1 aliphatic carbocycles. The Morgan fingerprint density at radius 2 is 0.714 bits per heavy atom. The van der Waals surface area contributed by atoms with Crippen LogP contribution in [0.15, 0.2) is 261 Å². The minimum Gasteiger partial charge on any atom is -0.311 e. The zero-order valence-electron chi connectivity index (χ0n) is 38.1. The van der Waals surface area contributed by atoms with E-state index in [4.69, 9.17) is 0 Å². The van der Waals surface area contributed by atoms with Crippen molar-refractivity contribution in [3.05, 3.63) is 283 Å². The highest BCUT2D eigenvalue weighted by Gasteiger charge is 2.46.